The van der Waals surface area contributed by atoms with Gasteiger partial charge in [-0.1, -0.05) is 61.8 Å². The van der Waals surface area contributed by atoms with Crippen molar-refractivity contribution >= 4 is 34.7 Å². The number of hydrogen-bond acceptors (Lipinski definition) is 2. The van der Waals surface area contributed by atoms with E-state index in [4.69, 9.17) is 23.8 Å². The van der Waals surface area contributed by atoms with Gasteiger partial charge in [0.05, 0.1) is 10.9 Å². The molecular formula is C14H16ClNOS. The number of hydrogen-bond donors (Lipinski definition) is 1. The van der Waals surface area contributed by atoms with Gasteiger partial charge in [-0.05, 0) is 18.1 Å². The molecule has 0 saturated carbocycles. The summed E-state index contributed by atoms with van der Waals surface area (Å²) in [7, 11) is 0. The number of carbonyl (C=O) groups excluding carboxylic acids is 1. The highest BCUT2D eigenvalue weighted by molar-refractivity contribution is 7.80. The summed E-state index contributed by atoms with van der Waals surface area (Å²) in [5, 5.41) is 3.47. The maximum absolute atomic E-state index is 11.9. The van der Waals surface area contributed by atoms with E-state index in [0.29, 0.717) is 10.0 Å². The van der Waals surface area contributed by atoms with Crippen LogP contribution in [0.1, 0.15) is 37.7 Å². The molecule has 1 N–H and O–H groups in total. The third-order valence-corrected chi connectivity index (χ3v) is 4.08. The van der Waals surface area contributed by atoms with Crippen molar-refractivity contribution in [3.8, 4) is 0 Å². The molecule has 4 heteroatoms. The number of nitrogens with one attached hydrogen (secondary N) is 1. The molecule has 18 heavy (non-hydrogen) atoms. The Morgan fingerprint density at radius 3 is 2.78 bits per heavy atom. The van der Waals surface area contributed by atoms with E-state index >= 15 is 0 Å². The van der Waals surface area contributed by atoms with Crippen LogP contribution in [0.2, 0.25) is 5.02 Å². The summed E-state index contributed by atoms with van der Waals surface area (Å²) in [6.07, 6.45) is 2.96. The SMILES string of the molecule is CCCCC1C(=O)NC(=S)C1c1ccccc1Cl. The van der Waals surface area contributed by atoms with Gasteiger partial charge >= 0.3 is 0 Å². The van der Waals surface area contributed by atoms with Crippen LogP contribution in [-0.2, 0) is 4.79 Å². The van der Waals surface area contributed by atoms with Crippen molar-refractivity contribution in [3.05, 3.63) is 34.9 Å². The molecule has 1 aromatic carbocycles. The fraction of sp³-hybridized carbons (Fsp3) is 0.429. The van der Waals surface area contributed by atoms with Crippen LogP contribution in [0.5, 0.6) is 0 Å². The summed E-state index contributed by atoms with van der Waals surface area (Å²) < 4.78 is 0. The zero-order chi connectivity index (χ0) is 13.1. The van der Waals surface area contributed by atoms with E-state index in [2.05, 4.69) is 12.2 Å². The Labute approximate surface area is 118 Å². The van der Waals surface area contributed by atoms with Gasteiger partial charge in [0, 0.05) is 10.9 Å². The molecule has 0 aromatic heterocycles. The van der Waals surface area contributed by atoms with Crippen molar-refractivity contribution in [2.24, 2.45) is 5.92 Å². The molecular weight excluding hydrogens is 266 g/mol. The van der Waals surface area contributed by atoms with E-state index in [0.717, 1.165) is 24.8 Å². The standard InChI is InChI=1S/C14H16ClNOS/c1-2-3-6-10-12(14(18)16-13(10)17)9-7-4-5-8-11(9)15/h4-5,7-8,10,12H,2-3,6H2,1H3,(H,16,17,18). The Kier molecular flexibility index (Phi) is 4.36. The zero-order valence-corrected chi connectivity index (χ0v) is 11.9. The third-order valence-electron chi connectivity index (χ3n) is 3.38. The van der Waals surface area contributed by atoms with Gasteiger partial charge < -0.3 is 5.32 Å². The fourth-order valence-corrected chi connectivity index (χ4v) is 3.08. The molecule has 2 unspecified atom stereocenters. The van der Waals surface area contributed by atoms with Gasteiger partial charge in [-0.15, -0.1) is 0 Å². The van der Waals surface area contributed by atoms with Gasteiger partial charge in [0.25, 0.3) is 0 Å². The summed E-state index contributed by atoms with van der Waals surface area (Å²) in [5.74, 6) is -0.0940. The van der Waals surface area contributed by atoms with Gasteiger partial charge in [-0.2, -0.15) is 0 Å². The second-order valence-electron chi connectivity index (χ2n) is 4.60. The van der Waals surface area contributed by atoms with Crippen molar-refractivity contribution in [2.75, 3.05) is 0 Å². The Hall–Kier alpha value is -0.930. The van der Waals surface area contributed by atoms with Crippen LogP contribution in [0, 0.1) is 5.92 Å². The number of thiocarbonyl (C=S) groups is 1. The van der Waals surface area contributed by atoms with Crippen molar-refractivity contribution in [1.29, 1.82) is 0 Å². The van der Waals surface area contributed by atoms with Crippen LogP contribution >= 0.6 is 23.8 Å². The highest BCUT2D eigenvalue weighted by atomic mass is 35.5. The second-order valence-corrected chi connectivity index (χ2v) is 5.45. The number of carbonyl (C=O) groups is 1. The van der Waals surface area contributed by atoms with E-state index < -0.39 is 0 Å². The Morgan fingerprint density at radius 1 is 1.39 bits per heavy atom. The van der Waals surface area contributed by atoms with Crippen LogP contribution in [0.4, 0.5) is 0 Å². The van der Waals surface area contributed by atoms with E-state index in [1.54, 1.807) is 0 Å². The lowest BCUT2D eigenvalue weighted by atomic mass is 9.85. The third kappa shape index (κ3) is 2.57. The molecule has 2 rings (SSSR count). The molecule has 0 radical (unpaired) electrons. The molecule has 2 nitrogen and oxygen atoms in total. The van der Waals surface area contributed by atoms with E-state index in [1.165, 1.54) is 0 Å². The summed E-state index contributed by atoms with van der Waals surface area (Å²) in [6, 6.07) is 7.63. The maximum atomic E-state index is 11.9. The Morgan fingerprint density at radius 2 is 2.11 bits per heavy atom. The molecule has 1 aliphatic rings. The first-order valence-electron chi connectivity index (χ1n) is 6.24. The Bertz CT molecular complexity index is 475. The van der Waals surface area contributed by atoms with Crippen molar-refractivity contribution in [2.45, 2.75) is 32.1 Å². The summed E-state index contributed by atoms with van der Waals surface area (Å²) in [4.78, 5) is 12.5. The van der Waals surface area contributed by atoms with Gasteiger partial charge in [0.15, 0.2) is 0 Å². The minimum atomic E-state index is -0.0719. The normalized spacial score (nSPS) is 23.2. The predicted octanol–water partition coefficient (Wildman–Crippen LogP) is 3.69. The van der Waals surface area contributed by atoms with Crippen LogP contribution in [-0.4, -0.2) is 10.9 Å². The molecule has 1 heterocycles. The quantitative estimate of drug-likeness (QED) is 0.853. The van der Waals surface area contributed by atoms with Crippen molar-refractivity contribution < 1.29 is 4.79 Å². The van der Waals surface area contributed by atoms with Gasteiger partial charge in [0.1, 0.15) is 0 Å². The first kappa shape index (κ1) is 13.5. The zero-order valence-electron chi connectivity index (χ0n) is 10.3. The van der Waals surface area contributed by atoms with Gasteiger partial charge in [-0.3, -0.25) is 4.79 Å². The first-order chi connectivity index (χ1) is 8.65. The van der Waals surface area contributed by atoms with Gasteiger partial charge in [0.2, 0.25) is 5.91 Å². The van der Waals surface area contributed by atoms with E-state index in [9.17, 15) is 4.79 Å². The minimum Gasteiger partial charge on any atom is -0.320 e. The second kappa shape index (κ2) is 5.81. The first-order valence-corrected chi connectivity index (χ1v) is 7.03. The molecule has 1 aromatic rings. The van der Waals surface area contributed by atoms with Crippen LogP contribution < -0.4 is 5.32 Å². The average Bonchev–Trinajstić information content (AvgIpc) is 2.62. The molecule has 0 bridgehead atoms. The molecule has 0 aliphatic carbocycles. The number of halogens is 1. The molecule has 1 aliphatic heterocycles. The van der Waals surface area contributed by atoms with Gasteiger partial charge in [-0.25, -0.2) is 0 Å². The number of unbranched alkanes of at least 4 members (excludes halogenated alkanes) is 1. The molecule has 1 fully saturated rings. The highest BCUT2D eigenvalue weighted by Gasteiger charge is 2.39. The summed E-state index contributed by atoms with van der Waals surface area (Å²) in [6.45, 7) is 2.12. The number of amides is 1. The summed E-state index contributed by atoms with van der Waals surface area (Å²) >= 11 is 11.5. The smallest absolute Gasteiger partial charge is 0.228 e. The molecule has 1 saturated heterocycles. The van der Waals surface area contributed by atoms with E-state index in [-0.39, 0.29) is 17.7 Å². The van der Waals surface area contributed by atoms with Crippen LogP contribution in [0.15, 0.2) is 24.3 Å². The van der Waals surface area contributed by atoms with E-state index in [1.807, 2.05) is 24.3 Å². The highest BCUT2D eigenvalue weighted by Crippen LogP contribution is 2.37. The minimum absolute atomic E-state index is 0.0402. The lowest BCUT2D eigenvalue weighted by Gasteiger charge is -2.17. The van der Waals surface area contributed by atoms with Crippen molar-refractivity contribution in [3.63, 3.8) is 0 Å². The average molecular weight is 282 g/mol. The molecule has 2 atom stereocenters. The van der Waals surface area contributed by atoms with Crippen LogP contribution in [0.25, 0.3) is 0 Å². The lowest BCUT2D eigenvalue weighted by molar-refractivity contribution is -0.122. The molecule has 1 amide bonds. The fourth-order valence-electron chi connectivity index (χ4n) is 2.43. The number of rotatable bonds is 4. The lowest BCUT2D eigenvalue weighted by Crippen LogP contribution is -2.21. The van der Waals surface area contributed by atoms with Crippen molar-refractivity contribution in [1.82, 2.24) is 5.32 Å². The predicted molar refractivity (Wildman–Crippen MR) is 77.9 cm³/mol. The molecule has 96 valence electrons. The maximum Gasteiger partial charge on any atom is 0.228 e. The monoisotopic (exact) mass is 281 g/mol. The largest absolute Gasteiger partial charge is 0.320 e. The Balaban J connectivity index is 2.31. The molecule has 0 spiro atoms. The summed E-state index contributed by atoms with van der Waals surface area (Å²) in [5.41, 5.74) is 0.962. The number of benzene rings is 1. The topological polar surface area (TPSA) is 29.1 Å². The van der Waals surface area contributed by atoms with Crippen LogP contribution in [0.3, 0.4) is 0 Å².